The normalized spacial score (nSPS) is 10.8. The lowest BCUT2D eigenvalue weighted by atomic mass is 10.7. The minimum Gasteiger partial charge on any atom is -0.147 e. The monoisotopic (exact) mass is 218 g/mol. The third kappa shape index (κ3) is 5.01. The highest BCUT2D eigenvalue weighted by Crippen LogP contribution is 2.41. The zero-order valence-electron chi connectivity index (χ0n) is 7.03. The van der Waals surface area contributed by atoms with Crippen molar-refractivity contribution in [1.82, 2.24) is 0 Å². The van der Waals surface area contributed by atoms with Gasteiger partial charge in [-0.2, -0.15) is 0 Å². The van der Waals surface area contributed by atoms with Gasteiger partial charge in [-0.25, -0.2) is 0 Å². The van der Waals surface area contributed by atoms with Crippen LogP contribution in [0.5, 0.6) is 0 Å². The van der Waals surface area contributed by atoms with E-state index in [4.69, 9.17) is 0 Å². The van der Waals surface area contributed by atoms with E-state index in [1.165, 1.54) is 0 Å². The maximum absolute atomic E-state index is 4.50. The first-order chi connectivity index (χ1) is 5.68. The first-order valence-corrected chi connectivity index (χ1v) is 5.96. The second-order valence-corrected chi connectivity index (χ2v) is 6.14. The Morgan fingerprint density at radius 3 is 1.75 bits per heavy atom. The van der Waals surface area contributed by atoms with Gasteiger partial charge in [0.25, 0.3) is 0 Å². The quantitative estimate of drug-likeness (QED) is 0.394. The Bertz CT molecular complexity index is 151. The first-order valence-electron chi connectivity index (χ1n) is 3.54. The van der Waals surface area contributed by atoms with E-state index in [1.54, 1.807) is 23.5 Å². The van der Waals surface area contributed by atoms with Gasteiger partial charge in [0.1, 0.15) is 3.41 Å². The predicted octanol–water partition coefficient (Wildman–Crippen LogP) is 3.59. The van der Waals surface area contributed by atoms with Crippen LogP contribution in [-0.2, 0) is 0 Å². The Morgan fingerprint density at radius 1 is 1.08 bits per heavy atom. The molecule has 0 nitrogen and oxygen atoms in total. The molecule has 0 aromatic heterocycles. The van der Waals surface area contributed by atoms with Gasteiger partial charge in [-0.3, -0.25) is 0 Å². The van der Waals surface area contributed by atoms with Gasteiger partial charge in [-0.05, 0) is 0 Å². The van der Waals surface area contributed by atoms with Crippen LogP contribution in [0.25, 0.3) is 0 Å². The average Bonchev–Trinajstić information content (AvgIpc) is 2.11. The number of thioether (sulfide) groups is 2. The molecule has 0 N–H and O–H groups in total. The van der Waals surface area contributed by atoms with E-state index in [-0.39, 0.29) is 3.41 Å². The van der Waals surface area contributed by atoms with Crippen LogP contribution in [-0.4, -0.2) is 14.9 Å². The van der Waals surface area contributed by atoms with Crippen LogP contribution in [0.15, 0.2) is 38.0 Å². The van der Waals surface area contributed by atoms with Crippen molar-refractivity contribution < 1.29 is 0 Å². The van der Waals surface area contributed by atoms with Gasteiger partial charge in [-0.1, -0.05) is 18.2 Å². The van der Waals surface area contributed by atoms with Crippen molar-refractivity contribution >= 4 is 36.2 Å². The third-order valence-corrected chi connectivity index (χ3v) is 4.70. The molecule has 0 radical (unpaired) electrons. The van der Waals surface area contributed by atoms with Gasteiger partial charge in [0.15, 0.2) is 0 Å². The smallest absolute Gasteiger partial charge is 0.123 e. The van der Waals surface area contributed by atoms with Crippen molar-refractivity contribution in [3.8, 4) is 0 Å². The Labute approximate surface area is 89.0 Å². The zero-order chi connectivity index (χ0) is 9.45. The lowest BCUT2D eigenvalue weighted by molar-refractivity contribution is 1.54. The van der Waals surface area contributed by atoms with Gasteiger partial charge in [-0.15, -0.1) is 55.9 Å². The van der Waals surface area contributed by atoms with Gasteiger partial charge in [0, 0.05) is 11.5 Å². The molecule has 0 aromatic rings. The molecule has 0 aliphatic carbocycles. The summed E-state index contributed by atoms with van der Waals surface area (Å²) < 4.78 is -0.206. The molecule has 0 aliphatic heterocycles. The van der Waals surface area contributed by atoms with Crippen molar-refractivity contribution in [1.29, 1.82) is 0 Å². The number of hydrogen-bond acceptors (Lipinski definition) is 3. The summed E-state index contributed by atoms with van der Waals surface area (Å²) >= 11 is 7.91. The van der Waals surface area contributed by atoms with Gasteiger partial charge in [0.2, 0.25) is 0 Å². The highest BCUT2D eigenvalue weighted by Gasteiger charge is 2.20. The maximum Gasteiger partial charge on any atom is 0.123 e. The molecule has 0 aliphatic rings. The molecule has 0 heterocycles. The van der Waals surface area contributed by atoms with Crippen molar-refractivity contribution in [2.75, 3.05) is 11.5 Å². The third-order valence-electron chi connectivity index (χ3n) is 1.07. The lowest BCUT2D eigenvalue weighted by Gasteiger charge is -2.21. The zero-order valence-corrected chi connectivity index (χ0v) is 9.56. The number of rotatable bonds is 7. The lowest BCUT2D eigenvalue weighted by Crippen LogP contribution is -2.07. The molecule has 0 amide bonds. The highest BCUT2D eigenvalue weighted by atomic mass is 32.3. The molecule has 3 heteroatoms. The second kappa shape index (κ2) is 6.75. The Hall–Kier alpha value is 0.270. The molecule has 0 saturated heterocycles. The Kier molecular flexibility index (Phi) is 6.90. The van der Waals surface area contributed by atoms with E-state index >= 15 is 0 Å². The standard InChI is InChI=1S/C9H14S3/c1-4-7-11-9(10,6-3)12-8-5-2/h4-6,10H,1-3,7-8H2. The Morgan fingerprint density at radius 2 is 1.50 bits per heavy atom. The summed E-state index contributed by atoms with van der Waals surface area (Å²) in [6, 6.07) is 0. The van der Waals surface area contributed by atoms with Crippen LogP contribution < -0.4 is 0 Å². The van der Waals surface area contributed by atoms with Crippen LogP contribution >= 0.6 is 36.2 Å². The summed E-state index contributed by atoms with van der Waals surface area (Å²) in [6.45, 7) is 11.1. The van der Waals surface area contributed by atoms with Crippen LogP contribution in [0.1, 0.15) is 0 Å². The van der Waals surface area contributed by atoms with Crippen molar-refractivity contribution in [3.05, 3.63) is 38.0 Å². The number of hydrogen-bond donors (Lipinski definition) is 1. The summed E-state index contributed by atoms with van der Waals surface area (Å²) in [5.74, 6) is 1.78. The molecule has 0 atom stereocenters. The van der Waals surface area contributed by atoms with E-state index in [0.717, 1.165) is 11.5 Å². The van der Waals surface area contributed by atoms with Crippen molar-refractivity contribution in [2.45, 2.75) is 3.41 Å². The van der Waals surface area contributed by atoms with Crippen LogP contribution in [0.3, 0.4) is 0 Å². The van der Waals surface area contributed by atoms with Gasteiger partial charge < -0.3 is 0 Å². The van der Waals surface area contributed by atoms with Gasteiger partial charge >= 0.3 is 0 Å². The molecule has 0 rings (SSSR count). The molecule has 0 saturated carbocycles. The largest absolute Gasteiger partial charge is 0.147 e. The Balaban J connectivity index is 3.93. The SMILES string of the molecule is C=CCSC(S)(C=C)SCC=C. The summed E-state index contributed by atoms with van der Waals surface area (Å²) in [4.78, 5) is 0. The molecular weight excluding hydrogens is 204 g/mol. The van der Waals surface area contributed by atoms with Crippen LogP contribution in [0, 0.1) is 0 Å². The molecule has 12 heavy (non-hydrogen) atoms. The summed E-state index contributed by atoms with van der Waals surface area (Å²) in [7, 11) is 0. The van der Waals surface area contributed by atoms with E-state index < -0.39 is 0 Å². The second-order valence-electron chi connectivity index (χ2n) is 2.03. The molecule has 0 fully saturated rings. The highest BCUT2D eigenvalue weighted by molar-refractivity contribution is 8.29. The summed E-state index contributed by atoms with van der Waals surface area (Å²) in [5.41, 5.74) is 0. The fourth-order valence-electron chi connectivity index (χ4n) is 0.516. The average molecular weight is 218 g/mol. The van der Waals surface area contributed by atoms with E-state index in [9.17, 15) is 0 Å². The fourth-order valence-corrected chi connectivity index (χ4v) is 2.65. The van der Waals surface area contributed by atoms with E-state index in [0.29, 0.717) is 0 Å². The predicted molar refractivity (Wildman–Crippen MR) is 67.2 cm³/mol. The van der Waals surface area contributed by atoms with E-state index in [2.05, 4.69) is 32.4 Å². The minimum absolute atomic E-state index is 0.206. The first kappa shape index (κ1) is 12.3. The summed E-state index contributed by atoms with van der Waals surface area (Å²) in [5, 5.41) is 0. The van der Waals surface area contributed by atoms with Gasteiger partial charge in [0.05, 0.1) is 0 Å². The van der Waals surface area contributed by atoms with Crippen LogP contribution in [0.2, 0.25) is 0 Å². The molecule has 0 spiro atoms. The molecular formula is C9H14S3. The minimum atomic E-state index is -0.206. The van der Waals surface area contributed by atoms with Crippen molar-refractivity contribution in [3.63, 3.8) is 0 Å². The molecule has 0 aromatic carbocycles. The molecule has 0 unspecified atom stereocenters. The molecule has 0 bridgehead atoms. The topological polar surface area (TPSA) is 0 Å². The van der Waals surface area contributed by atoms with Crippen LogP contribution in [0.4, 0.5) is 0 Å². The maximum atomic E-state index is 4.50. The number of thiol groups is 1. The molecule has 68 valence electrons. The summed E-state index contributed by atoms with van der Waals surface area (Å²) in [6.07, 6.45) is 5.58. The van der Waals surface area contributed by atoms with Crippen molar-refractivity contribution in [2.24, 2.45) is 0 Å². The van der Waals surface area contributed by atoms with E-state index in [1.807, 2.05) is 18.2 Å². The fraction of sp³-hybridized carbons (Fsp3) is 0.333.